The number of nitrogens with one attached hydrogen (secondary N) is 1. The van der Waals surface area contributed by atoms with Gasteiger partial charge in [0, 0.05) is 5.02 Å². The van der Waals surface area contributed by atoms with Gasteiger partial charge in [-0.15, -0.1) is 0 Å². The van der Waals surface area contributed by atoms with Crippen LogP contribution in [0.25, 0.3) is 0 Å². The second-order valence-electron chi connectivity index (χ2n) is 6.00. The maximum absolute atomic E-state index is 11.8. The maximum atomic E-state index is 11.8. The highest BCUT2D eigenvalue weighted by Crippen LogP contribution is 2.22. The average Bonchev–Trinajstić information content (AvgIpc) is 2.73. The molecule has 1 amide bonds. The molecular formula is C22H18Cl2N2O3. The lowest BCUT2D eigenvalue weighted by molar-refractivity contribution is -0.123. The Bertz CT molecular complexity index is 991. The minimum atomic E-state index is -0.392. The first-order chi connectivity index (χ1) is 14.1. The van der Waals surface area contributed by atoms with Crippen LogP contribution in [0.5, 0.6) is 11.5 Å². The fourth-order valence-corrected chi connectivity index (χ4v) is 2.66. The number of rotatable bonds is 8. The number of carbonyl (C=O) groups is 1. The molecule has 3 rings (SSSR count). The normalized spacial score (nSPS) is 10.7. The summed E-state index contributed by atoms with van der Waals surface area (Å²) in [6, 6.07) is 21.8. The number of carbonyl (C=O) groups excluding carboxylic acids is 1. The average molecular weight is 429 g/mol. The third-order valence-electron chi connectivity index (χ3n) is 3.78. The minimum Gasteiger partial charge on any atom is -0.489 e. The standard InChI is InChI=1S/C22H18Cl2N2O3/c23-18-10-8-16(9-11-18)14-28-19-5-3-4-17(12-19)13-25-26-22(27)15-29-21-7-2-1-6-20(21)24/h1-13H,14-15H2,(H,26,27)/b25-13-. The van der Waals surface area contributed by atoms with E-state index in [0.29, 0.717) is 28.2 Å². The number of amides is 1. The van der Waals surface area contributed by atoms with E-state index >= 15 is 0 Å². The van der Waals surface area contributed by atoms with Crippen molar-refractivity contribution in [3.05, 3.63) is 94.0 Å². The van der Waals surface area contributed by atoms with Crippen LogP contribution in [0.4, 0.5) is 0 Å². The van der Waals surface area contributed by atoms with Gasteiger partial charge in [0.2, 0.25) is 0 Å². The molecule has 148 valence electrons. The largest absolute Gasteiger partial charge is 0.489 e. The van der Waals surface area contributed by atoms with E-state index < -0.39 is 5.91 Å². The zero-order chi connectivity index (χ0) is 20.5. The highest BCUT2D eigenvalue weighted by molar-refractivity contribution is 6.32. The van der Waals surface area contributed by atoms with Gasteiger partial charge in [0.05, 0.1) is 11.2 Å². The van der Waals surface area contributed by atoms with Crippen molar-refractivity contribution in [1.29, 1.82) is 0 Å². The molecule has 0 radical (unpaired) electrons. The number of para-hydroxylation sites is 1. The van der Waals surface area contributed by atoms with Crippen molar-refractivity contribution >= 4 is 35.3 Å². The zero-order valence-electron chi connectivity index (χ0n) is 15.3. The number of halogens is 2. The molecule has 7 heteroatoms. The number of nitrogens with zero attached hydrogens (tertiary/aromatic N) is 1. The van der Waals surface area contributed by atoms with E-state index in [1.165, 1.54) is 6.21 Å². The molecular weight excluding hydrogens is 411 g/mol. The Balaban J connectivity index is 1.47. The van der Waals surface area contributed by atoms with Crippen LogP contribution in [0, 0.1) is 0 Å². The van der Waals surface area contributed by atoms with E-state index in [1.807, 2.05) is 48.5 Å². The first-order valence-corrected chi connectivity index (χ1v) is 9.52. The third kappa shape index (κ3) is 6.82. The number of benzene rings is 3. The Hall–Kier alpha value is -3.02. The SMILES string of the molecule is O=C(COc1ccccc1Cl)N/N=C\c1cccc(OCc2ccc(Cl)cc2)c1. The fraction of sp³-hybridized carbons (Fsp3) is 0.0909. The lowest BCUT2D eigenvalue weighted by Crippen LogP contribution is -2.24. The van der Waals surface area contributed by atoms with Crippen LogP contribution >= 0.6 is 23.2 Å². The van der Waals surface area contributed by atoms with Crippen molar-refractivity contribution in [2.45, 2.75) is 6.61 Å². The summed E-state index contributed by atoms with van der Waals surface area (Å²) in [6.07, 6.45) is 1.53. The lowest BCUT2D eigenvalue weighted by Gasteiger charge is -2.07. The molecule has 0 saturated carbocycles. The second kappa shape index (κ2) is 10.5. The van der Waals surface area contributed by atoms with E-state index in [0.717, 1.165) is 11.1 Å². The molecule has 0 atom stereocenters. The van der Waals surface area contributed by atoms with Crippen LogP contribution in [0.1, 0.15) is 11.1 Å². The Labute approximate surface area is 178 Å². The van der Waals surface area contributed by atoms with Crippen molar-refractivity contribution in [2.24, 2.45) is 5.10 Å². The Morgan fingerprint density at radius 3 is 2.55 bits per heavy atom. The highest BCUT2D eigenvalue weighted by atomic mass is 35.5. The molecule has 5 nitrogen and oxygen atoms in total. The molecule has 0 aliphatic heterocycles. The molecule has 0 spiro atoms. The number of hydrogen-bond acceptors (Lipinski definition) is 4. The fourth-order valence-electron chi connectivity index (χ4n) is 2.35. The lowest BCUT2D eigenvalue weighted by atomic mass is 10.2. The molecule has 0 bridgehead atoms. The van der Waals surface area contributed by atoms with E-state index in [1.54, 1.807) is 24.3 Å². The minimum absolute atomic E-state index is 0.189. The maximum Gasteiger partial charge on any atom is 0.277 e. The molecule has 0 unspecified atom stereocenters. The van der Waals surface area contributed by atoms with Crippen LogP contribution in [0.3, 0.4) is 0 Å². The van der Waals surface area contributed by atoms with Gasteiger partial charge in [0.25, 0.3) is 5.91 Å². The van der Waals surface area contributed by atoms with Gasteiger partial charge >= 0.3 is 0 Å². The molecule has 0 aliphatic carbocycles. The van der Waals surface area contributed by atoms with Crippen molar-refractivity contribution in [2.75, 3.05) is 6.61 Å². The van der Waals surface area contributed by atoms with Crippen molar-refractivity contribution in [1.82, 2.24) is 5.43 Å². The summed E-state index contributed by atoms with van der Waals surface area (Å²) in [6.45, 7) is 0.235. The number of hydrazone groups is 1. The van der Waals surface area contributed by atoms with E-state index in [-0.39, 0.29) is 6.61 Å². The summed E-state index contributed by atoms with van der Waals surface area (Å²) in [7, 11) is 0. The van der Waals surface area contributed by atoms with Crippen LogP contribution < -0.4 is 14.9 Å². The Kier molecular flexibility index (Phi) is 7.50. The monoisotopic (exact) mass is 428 g/mol. The molecule has 3 aromatic rings. The molecule has 29 heavy (non-hydrogen) atoms. The van der Waals surface area contributed by atoms with Crippen LogP contribution in [0.2, 0.25) is 10.0 Å². The summed E-state index contributed by atoms with van der Waals surface area (Å²) in [5, 5.41) is 5.07. The summed E-state index contributed by atoms with van der Waals surface area (Å²) in [4.78, 5) is 11.8. The van der Waals surface area contributed by atoms with Gasteiger partial charge in [-0.05, 0) is 47.5 Å². The number of hydrogen-bond donors (Lipinski definition) is 1. The van der Waals surface area contributed by atoms with Crippen molar-refractivity contribution < 1.29 is 14.3 Å². The summed E-state index contributed by atoms with van der Waals surface area (Å²) >= 11 is 11.9. The smallest absolute Gasteiger partial charge is 0.277 e. The third-order valence-corrected chi connectivity index (χ3v) is 4.34. The van der Waals surface area contributed by atoms with Gasteiger partial charge in [0.15, 0.2) is 6.61 Å². The van der Waals surface area contributed by atoms with Gasteiger partial charge in [-0.2, -0.15) is 5.10 Å². The van der Waals surface area contributed by atoms with Gasteiger partial charge in [0.1, 0.15) is 18.1 Å². The quantitative estimate of drug-likeness (QED) is 0.400. The first kappa shape index (κ1) is 20.7. The molecule has 1 N–H and O–H groups in total. The van der Waals surface area contributed by atoms with Gasteiger partial charge in [-0.1, -0.05) is 59.6 Å². The van der Waals surface area contributed by atoms with Crippen LogP contribution in [-0.4, -0.2) is 18.7 Å². The van der Waals surface area contributed by atoms with Gasteiger partial charge < -0.3 is 9.47 Å². The van der Waals surface area contributed by atoms with Crippen LogP contribution in [-0.2, 0) is 11.4 Å². The Morgan fingerprint density at radius 2 is 1.76 bits per heavy atom. The predicted octanol–water partition coefficient (Wildman–Crippen LogP) is 5.10. The Morgan fingerprint density at radius 1 is 0.966 bits per heavy atom. The van der Waals surface area contributed by atoms with E-state index in [2.05, 4.69) is 10.5 Å². The van der Waals surface area contributed by atoms with Gasteiger partial charge in [-0.25, -0.2) is 5.43 Å². The summed E-state index contributed by atoms with van der Waals surface area (Å²) in [5.41, 5.74) is 4.21. The highest BCUT2D eigenvalue weighted by Gasteiger charge is 2.04. The molecule has 0 heterocycles. The topological polar surface area (TPSA) is 59.9 Å². The first-order valence-electron chi connectivity index (χ1n) is 8.77. The predicted molar refractivity (Wildman–Crippen MR) is 115 cm³/mol. The zero-order valence-corrected chi connectivity index (χ0v) is 16.9. The van der Waals surface area contributed by atoms with Gasteiger partial charge in [-0.3, -0.25) is 4.79 Å². The van der Waals surface area contributed by atoms with Crippen molar-refractivity contribution in [3.63, 3.8) is 0 Å². The molecule has 0 aliphatic rings. The molecule has 0 aromatic heterocycles. The summed E-state index contributed by atoms with van der Waals surface area (Å²) < 4.78 is 11.1. The van der Waals surface area contributed by atoms with Crippen LogP contribution in [0.15, 0.2) is 77.9 Å². The van der Waals surface area contributed by atoms with E-state index in [4.69, 9.17) is 32.7 Å². The van der Waals surface area contributed by atoms with E-state index in [9.17, 15) is 4.79 Å². The number of ether oxygens (including phenoxy) is 2. The molecule has 3 aromatic carbocycles. The summed E-state index contributed by atoms with van der Waals surface area (Å²) in [5.74, 6) is 0.743. The van der Waals surface area contributed by atoms with Crippen molar-refractivity contribution in [3.8, 4) is 11.5 Å². The molecule has 0 saturated heterocycles. The second-order valence-corrected chi connectivity index (χ2v) is 6.84. The molecule has 0 fully saturated rings.